The van der Waals surface area contributed by atoms with Crippen LogP contribution in [0.2, 0.25) is 0 Å². The van der Waals surface area contributed by atoms with Crippen LogP contribution in [0, 0.1) is 0 Å². The van der Waals surface area contributed by atoms with E-state index in [4.69, 9.17) is 5.73 Å². The molecule has 0 saturated carbocycles. The van der Waals surface area contributed by atoms with Crippen LogP contribution in [-0.4, -0.2) is 15.5 Å². The molecule has 7 heteroatoms. The minimum atomic E-state index is -0.197. The van der Waals surface area contributed by atoms with E-state index in [-0.39, 0.29) is 10.8 Å². The summed E-state index contributed by atoms with van der Waals surface area (Å²) in [5, 5.41) is 4.46. The van der Waals surface area contributed by atoms with Crippen molar-refractivity contribution in [2.75, 3.05) is 5.73 Å². The van der Waals surface area contributed by atoms with Gasteiger partial charge < -0.3 is 20.6 Å². The smallest absolute Gasteiger partial charge is 0.304 e. The standard InChI is InChI=1S/C12H16N4O2S/c1-2-3-16-6-8(13)4-10(16)11(17)14-5-9-7-19-12(18)15-9/h4,6-7H,2-3,5,13H2,1H3,(H,14,17)(H,15,18). The highest BCUT2D eigenvalue weighted by Gasteiger charge is 2.12. The summed E-state index contributed by atoms with van der Waals surface area (Å²) in [4.78, 5) is 25.6. The molecule has 6 nitrogen and oxygen atoms in total. The molecule has 0 atom stereocenters. The lowest BCUT2D eigenvalue weighted by molar-refractivity contribution is 0.0941. The minimum absolute atomic E-state index is 0.122. The minimum Gasteiger partial charge on any atom is -0.397 e. The fourth-order valence-corrected chi connectivity index (χ4v) is 2.40. The van der Waals surface area contributed by atoms with Crippen LogP contribution < -0.4 is 15.9 Å². The van der Waals surface area contributed by atoms with E-state index in [1.165, 1.54) is 0 Å². The Bertz CT molecular complexity index is 626. The van der Waals surface area contributed by atoms with E-state index < -0.39 is 0 Å². The largest absolute Gasteiger partial charge is 0.397 e. The molecule has 2 aromatic rings. The Hall–Kier alpha value is -2.02. The van der Waals surface area contributed by atoms with E-state index in [1.807, 2.05) is 11.5 Å². The fourth-order valence-electron chi connectivity index (χ4n) is 1.82. The van der Waals surface area contributed by atoms with Crippen molar-refractivity contribution in [3.8, 4) is 0 Å². The van der Waals surface area contributed by atoms with E-state index >= 15 is 0 Å². The molecule has 0 spiro atoms. The Balaban J connectivity index is 2.05. The molecule has 0 unspecified atom stereocenters. The number of aryl methyl sites for hydroxylation is 1. The van der Waals surface area contributed by atoms with Crippen molar-refractivity contribution in [2.45, 2.75) is 26.4 Å². The van der Waals surface area contributed by atoms with Gasteiger partial charge in [-0.25, -0.2) is 0 Å². The molecule has 0 fully saturated rings. The van der Waals surface area contributed by atoms with Crippen molar-refractivity contribution in [3.63, 3.8) is 0 Å². The summed E-state index contributed by atoms with van der Waals surface area (Å²) < 4.78 is 1.83. The predicted octanol–water partition coefficient (Wildman–Crippen LogP) is 1.16. The third kappa shape index (κ3) is 3.25. The Morgan fingerprint density at radius 1 is 1.58 bits per heavy atom. The molecular formula is C12H16N4O2S. The molecule has 0 aliphatic carbocycles. The number of nitrogens with one attached hydrogen (secondary N) is 2. The number of amides is 1. The Morgan fingerprint density at radius 2 is 2.37 bits per heavy atom. The van der Waals surface area contributed by atoms with Crippen LogP contribution in [0.4, 0.5) is 5.69 Å². The molecule has 0 aliphatic heterocycles. The molecule has 102 valence electrons. The highest BCUT2D eigenvalue weighted by atomic mass is 32.1. The zero-order chi connectivity index (χ0) is 13.8. The second-order valence-electron chi connectivity index (χ2n) is 4.21. The van der Waals surface area contributed by atoms with Crippen LogP contribution in [0.3, 0.4) is 0 Å². The van der Waals surface area contributed by atoms with Gasteiger partial charge in [0, 0.05) is 23.8 Å². The molecule has 2 rings (SSSR count). The molecule has 4 N–H and O–H groups in total. The maximum atomic E-state index is 12.1. The van der Waals surface area contributed by atoms with E-state index in [9.17, 15) is 9.59 Å². The molecule has 0 aliphatic rings. The lowest BCUT2D eigenvalue weighted by Gasteiger charge is -2.07. The average Bonchev–Trinajstić information content (AvgIpc) is 2.93. The van der Waals surface area contributed by atoms with Crippen molar-refractivity contribution in [1.29, 1.82) is 0 Å². The van der Waals surface area contributed by atoms with Crippen molar-refractivity contribution in [3.05, 3.63) is 38.7 Å². The molecule has 1 amide bonds. The van der Waals surface area contributed by atoms with Gasteiger partial charge in [-0.2, -0.15) is 0 Å². The second kappa shape index (κ2) is 5.75. The van der Waals surface area contributed by atoms with Crippen LogP contribution in [0.1, 0.15) is 29.5 Å². The van der Waals surface area contributed by atoms with Gasteiger partial charge in [0.05, 0.1) is 12.2 Å². The number of hydrogen-bond donors (Lipinski definition) is 3. The van der Waals surface area contributed by atoms with Gasteiger partial charge in [-0.1, -0.05) is 18.3 Å². The topological polar surface area (TPSA) is 92.9 Å². The lowest BCUT2D eigenvalue weighted by Crippen LogP contribution is -2.25. The number of nitrogens with zero attached hydrogens (tertiary/aromatic N) is 1. The highest BCUT2D eigenvalue weighted by Crippen LogP contribution is 2.11. The van der Waals surface area contributed by atoms with Gasteiger partial charge in [-0.3, -0.25) is 9.59 Å². The zero-order valence-electron chi connectivity index (χ0n) is 10.6. The fraction of sp³-hybridized carbons (Fsp3) is 0.333. The lowest BCUT2D eigenvalue weighted by atomic mass is 10.3. The van der Waals surface area contributed by atoms with Crippen molar-refractivity contribution in [1.82, 2.24) is 14.9 Å². The van der Waals surface area contributed by atoms with E-state index in [2.05, 4.69) is 10.3 Å². The quantitative estimate of drug-likeness (QED) is 0.767. The number of aromatic nitrogens is 2. The number of carbonyl (C=O) groups is 1. The first-order chi connectivity index (χ1) is 9.10. The Labute approximate surface area is 114 Å². The van der Waals surface area contributed by atoms with Crippen LogP contribution in [0.25, 0.3) is 0 Å². The average molecular weight is 280 g/mol. The number of nitrogens with two attached hydrogens (primary N) is 1. The normalized spacial score (nSPS) is 10.6. The van der Waals surface area contributed by atoms with Crippen LogP contribution in [-0.2, 0) is 13.1 Å². The maximum absolute atomic E-state index is 12.1. The van der Waals surface area contributed by atoms with Crippen LogP contribution in [0.15, 0.2) is 22.4 Å². The number of rotatable bonds is 5. The molecule has 0 aromatic carbocycles. The van der Waals surface area contributed by atoms with E-state index in [1.54, 1.807) is 17.6 Å². The molecule has 0 radical (unpaired) electrons. The van der Waals surface area contributed by atoms with Gasteiger partial charge in [-0.05, 0) is 12.5 Å². The third-order valence-corrected chi connectivity index (χ3v) is 3.34. The summed E-state index contributed by atoms with van der Waals surface area (Å²) in [6, 6.07) is 1.65. The van der Waals surface area contributed by atoms with Gasteiger partial charge in [-0.15, -0.1) is 0 Å². The number of anilines is 1. The van der Waals surface area contributed by atoms with Gasteiger partial charge in [0.15, 0.2) is 0 Å². The van der Waals surface area contributed by atoms with Crippen LogP contribution in [0.5, 0.6) is 0 Å². The van der Waals surface area contributed by atoms with Crippen molar-refractivity contribution in [2.24, 2.45) is 0 Å². The molecule has 0 bridgehead atoms. The summed E-state index contributed by atoms with van der Waals surface area (Å²) in [5.41, 5.74) is 7.52. The zero-order valence-corrected chi connectivity index (χ0v) is 11.4. The van der Waals surface area contributed by atoms with Crippen LogP contribution >= 0.6 is 11.3 Å². The molecular weight excluding hydrogens is 264 g/mol. The number of H-pyrrole nitrogens is 1. The number of thiazole rings is 1. The van der Waals surface area contributed by atoms with E-state index in [0.29, 0.717) is 23.6 Å². The van der Waals surface area contributed by atoms with Crippen molar-refractivity contribution >= 4 is 22.9 Å². The highest BCUT2D eigenvalue weighted by molar-refractivity contribution is 7.07. The monoisotopic (exact) mass is 280 g/mol. The summed E-state index contributed by atoms with van der Waals surface area (Å²) in [6.07, 6.45) is 2.68. The molecule has 19 heavy (non-hydrogen) atoms. The number of aromatic amines is 1. The summed E-state index contributed by atoms with van der Waals surface area (Å²) >= 11 is 1.08. The first kappa shape index (κ1) is 13.4. The first-order valence-corrected chi connectivity index (χ1v) is 6.88. The Morgan fingerprint density at radius 3 is 3.00 bits per heavy atom. The van der Waals surface area contributed by atoms with Gasteiger partial charge in [0.25, 0.3) is 5.91 Å². The molecule has 2 heterocycles. The number of hydrogen-bond acceptors (Lipinski definition) is 4. The van der Waals surface area contributed by atoms with Gasteiger partial charge >= 0.3 is 4.87 Å². The second-order valence-corrected chi connectivity index (χ2v) is 5.05. The molecule has 2 aromatic heterocycles. The number of nitrogen functional groups attached to an aromatic ring is 1. The predicted molar refractivity (Wildman–Crippen MR) is 75.2 cm³/mol. The summed E-state index contributed by atoms with van der Waals surface area (Å²) in [6.45, 7) is 3.08. The SMILES string of the molecule is CCCn1cc(N)cc1C(=O)NCc1csc(=O)[nH]1. The molecule has 0 saturated heterocycles. The third-order valence-electron chi connectivity index (χ3n) is 2.63. The van der Waals surface area contributed by atoms with Gasteiger partial charge in [0.2, 0.25) is 0 Å². The summed E-state index contributed by atoms with van der Waals surface area (Å²) in [7, 11) is 0. The maximum Gasteiger partial charge on any atom is 0.304 e. The van der Waals surface area contributed by atoms with Gasteiger partial charge in [0.1, 0.15) is 5.69 Å². The van der Waals surface area contributed by atoms with E-state index in [0.717, 1.165) is 24.3 Å². The summed E-state index contributed by atoms with van der Waals surface area (Å²) in [5.74, 6) is -0.197. The Kier molecular flexibility index (Phi) is 4.06. The number of carbonyl (C=O) groups excluding carboxylic acids is 1. The first-order valence-electron chi connectivity index (χ1n) is 6.00. The van der Waals surface area contributed by atoms with Crippen molar-refractivity contribution < 1.29 is 4.79 Å².